The molecule has 3 atom stereocenters. The summed E-state index contributed by atoms with van der Waals surface area (Å²) in [5, 5.41) is 11.7. The van der Waals surface area contributed by atoms with Crippen molar-refractivity contribution in [3.63, 3.8) is 0 Å². The van der Waals surface area contributed by atoms with Crippen molar-refractivity contribution >= 4 is 5.96 Å². The summed E-state index contributed by atoms with van der Waals surface area (Å²) in [6.07, 6.45) is 5.70. The van der Waals surface area contributed by atoms with Gasteiger partial charge in [0, 0.05) is 37.6 Å². The van der Waals surface area contributed by atoms with E-state index >= 15 is 0 Å². The Hall–Kier alpha value is -1.63. The van der Waals surface area contributed by atoms with E-state index in [4.69, 9.17) is 4.74 Å². The minimum atomic E-state index is 0.119. The van der Waals surface area contributed by atoms with Gasteiger partial charge in [-0.05, 0) is 26.2 Å². The van der Waals surface area contributed by atoms with Gasteiger partial charge >= 0.3 is 0 Å². The lowest BCUT2D eigenvalue weighted by atomic mass is 9.64. The molecule has 0 amide bonds. The molecule has 0 radical (unpaired) electrons. The topological polar surface area (TPSA) is 76.4 Å². The standard InChI is InChI=1S/C19H34N6O/c1-6-7-10-26-16-11-15(19(16,3)4)23-18(20-5)22-14-8-9-17-21-13(2)24-25(17)12-14/h14-16H,6-12H2,1-5H3,(H2,20,22,23). The van der Waals surface area contributed by atoms with Crippen molar-refractivity contribution < 1.29 is 4.74 Å². The monoisotopic (exact) mass is 362 g/mol. The van der Waals surface area contributed by atoms with Crippen LogP contribution in [0.1, 0.15) is 58.1 Å². The number of rotatable bonds is 6. The number of ether oxygens (including phenoxy) is 1. The normalized spacial score (nSPS) is 27.6. The molecule has 1 saturated carbocycles. The van der Waals surface area contributed by atoms with Crippen LogP contribution in [0, 0.1) is 12.3 Å². The number of nitrogens with one attached hydrogen (secondary N) is 2. The van der Waals surface area contributed by atoms with Crippen molar-refractivity contribution in [2.75, 3.05) is 13.7 Å². The summed E-state index contributed by atoms with van der Waals surface area (Å²) >= 11 is 0. The highest BCUT2D eigenvalue weighted by Gasteiger charge is 2.49. The lowest BCUT2D eigenvalue weighted by molar-refractivity contribution is -0.113. The van der Waals surface area contributed by atoms with Crippen LogP contribution in [0.15, 0.2) is 4.99 Å². The fourth-order valence-corrected chi connectivity index (χ4v) is 3.86. The Balaban J connectivity index is 1.50. The number of aryl methyl sites for hydroxylation is 2. The van der Waals surface area contributed by atoms with E-state index < -0.39 is 0 Å². The zero-order valence-corrected chi connectivity index (χ0v) is 16.9. The van der Waals surface area contributed by atoms with E-state index in [2.05, 4.69) is 46.5 Å². The van der Waals surface area contributed by atoms with Crippen LogP contribution in [0.2, 0.25) is 0 Å². The first-order chi connectivity index (χ1) is 12.4. The molecular formula is C19H34N6O. The molecule has 7 heteroatoms. The summed E-state index contributed by atoms with van der Waals surface area (Å²) in [5.74, 6) is 2.82. The van der Waals surface area contributed by atoms with Crippen molar-refractivity contribution in [2.24, 2.45) is 10.4 Å². The van der Waals surface area contributed by atoms with Gasteiger partial charge in [-0.25, -0.2) is 9.67 Å². The molecule has 146 valence electrons. The van der Waals surface area contributed by atoms with Gasteiger partial charge in [0.2, 0.25) is 0 Å². The molecular weight excluding hydrogens is 328 g/mol. The molecule has 0 saturated heterocycles. The van der Waals surface area contributed by atoms with Crippen LogP contribution < -0.4 is 10.6 Å². The molecule has 0 bridgehead atoms. The van der Waals surface area contributed by atoms with E-state index in [1.165, 1.54) is 6.42 Å². The second-order valence-corrected chi connectivity index (χ2v) is 8.18. The second kappa shape index (κ2) is 7.94. The van der Waals surface area contributed by atoms with Gasteiger partial charge in [-0.15, -0.1) is 0 Å². The van der Waals surface area contributed by atoms with Gasteiger partial charge in [0.15, 0.2) is 5.96 Å². The Morgan fingerprint density at radius 3 is 2.88 bits per heavy atom. The average molecular weight is 363 g/mol. The molecule has 2 N–H and O–H groups in total. The Labute approximate surface area is 157 Å². The molecule has 0 spiro atoms. The summed E-state index contributed by atoms with van der Waals surface area (Å²) in [6, 6.07) is 0.711. The highest BCUT2D eigenvalue weighted by atomic mass is 16.5. The minimum Gasteiger partial charge on any atom is -0.378 e. The molecule has 2 heterocycles. The van der Waals surface area contributed by atoms with Gasteiger partial charge in [-0.2, -0.15) is 5.10 Å². The molecule has 26 heavy (non-hydrogen) atoms. The van der Waals surface area contributed by atoms with Crippen molar-refractivity contribution in [3.8, 4) is 0 Å². The Morgan fingerprint density at radius 1 is 1.38 bits per heavy atom. The zero-order valence-electron chi connectivity index (χ0n) is 16.9. The number of guanidine groups is 1. The summed E-state index contributed by atoms with van der Waals surface area (Å²) in [4.78, 5) is 8.92. The number of aromatic nitrogens is 3. The Bertz CT molecular complexity index is 638. The van der Waals surface area contributed by atoms with E-state index in [1.807, 2.05) is 18.7 Å². The van der Waals surface area contributed by atoms with Crippen LogP contribution in [-0.4, -0.2) is 52.6 Å². The fraction of sp³-hybridized carbons (Fsp3) is 0.842. The Morgan fingerprint density at radius 2 is 2.19 bits per heavy atom. The third-order valence-electron chi connectivity index (χ3n) is 5.83. The van der Waals surface area contributed by atoms with E-state index in [-0.39, 0.29) is 5.41 Å². The minimum absolute atomic E-state index is 0.119. The summed E-state index contributed by atoms with van der Waals surface area (Å²) < 4.78 is 8.07. The predicted molar refractivity (Wildman–Crippen MR) is 103 cm³/mol. The number of aliphatic imine (C=N–C) groups is 1. The van der Waals surface area contributed by atoms with Gasteiger partial charge in [-0.3, -0.25) is 4.99 Å². The molecule has 3 unspecified atom stereocenters. The van der Waals surface area contributed by atoms with E-state index in [9.17, 15) is 0 Å². The van der Waals surface area contributed by atoms with E-state index in [0.29, 0.717) is 18.2 Å². The van der Waals surface area contributed by atoms with Crippen LogP contribution in [0.25, 0.3) is 0 Å². The van der Waals surface area contributed by atoms with Gasteiger partial charge in [-0.1, -0.05) is 27.2 Å². The summed E-state index contributed by atoms with van der Waals surface area (Å²) in [6.45, 7) is 10.4. The third kappa shape index (κ3) is 4.03. The molecule has 7 nitrogen and oxygen atoms in total. The SMILES string of the molecule is CCCCOC1CC(NC(=NC)NC2CCc3nc(C)nn3C2)C1(C)C. The van der Waals surface area contributed by atoms with Crippen molar-refractivity contribution in [1.82, 2.24) is 25.4 Å². The first kappa shape index (κ1) is 19.1. The number of hydrogen-bond donors (Lipinski definition) is 2. The maximum atomic E-state index is 6.05. The smallest absolute Gasteiger partial charge is 0.191 e. The van der Waals surface area contributed by atoms with E-state index in [1.54, 1.807) is 0 Å². The molecule has 1 aromatic rings. The first-order valence-corrected chi connectivity index (χ1v) is 9.95. The van der Waals surface area contributed by atoms with Crippen LogP contribution in [0.4, 0.5) is 0 Å². The van der Waals surface area contributed by atoms with Gasteiger partial charge < -0.3 is 15.4 Å². The molecule has 1 fully saturated rings. The van der Waals surface area contributed by atoms with Gasteiger partial charge in [0.25, 0.3) is 0 Å². The maximum Gasteiger partial charge on any atom is 0.191 e. The predicted octanol–water partition coefficient (Wildman–Crippen LogP) is 2.05. The molecule has 1 aliphatic heterocycles. The highest BCUT2D eigenvalue weighted by Crippen LogP contribution is 2.42. The second-order valence-electron chi connectivity index (χ2n) is 8.18. The van der Waals surface area contributed by atoms with Crippen LogP contribution in [-0.2, 0) is 17.7 Å². The first-order valence-electron chi connectivity index (χ1n) is 9.95. The number of fused-ring (bicyclic) bond motifs is 1. The maximum absolute atomic E-state index is 6.05. The largest absolute Gasteiger partial charge is 0.378 e. The highest BCUT2D eigenvalue weighted by molar-refractivity contribution is 5.80. The lowest BCUT2D eigenvalue weighted by Crippen LogP contribution is -2.64. The molecule has 2 aliphatic rings. The number of nitrogens with zero attached hydrogens (tertiary/aromatic N) is 4. The van der Waals surface area contributed by atoms with Crippen molar-refractivity contribution in [3.05, 3.63) is 11.6 Å². The molecule has 1 aliphatic carbocycles. The summed E-state index contributed by atoms with van der Waals surface area (Å²) in [7, 11) is 1.84. The number of unbranched alkanes of at least 4 members (excludes halogenated alkanes) is 1. The number of hydrogen-bond acceptors (Lipinski definition) is 4. The molecule has 0 aromatic carbocycles. The molecule has 3 rings (SSSR count). The quantitative estimate of drug-likeness (QED) is 0.460. The van der Waals surface area contributed by atoms with E-state index in [0.717, 1.165) is 56.4 Å². The lowest BCUT2D eigenvalue weighted by Gasteiger charge is -2.52. The van der Waals surface area contributed by atoms with Gasteiger partial charge in [0.05, 0.1) is 12.6 Å². The Kier molecular flexibility index (Phi) is 5.85. The fourth-order valence-electron chi connectivity index (χ4n) is 3.86. The zero-order chi connectivity index (χ0) is 18.7. The van der Waals surface area contributed by atoms with Crippen molar-refractivity contribution in [1.29, 1.82) is 0 Å². The van der Waals surface area contributed by atoms with Crippen LogP contribution in [0.5, 0.6) is 0 Å². The molecule has 1 aromatic heterocycles. The van der Waals surface area contributed by atoms with Crippen molar-refractivity contribution in [2.45, 2.75) is 84.5 Å². The summed E-state index contributed by atoms with van der Waals surface area (Å²) in [5.41, 5.74) is 0.119. The van der Waals surface area contributed by atoms with Gasteiger partial charge in [0.1, 0.15) is 11.6 Å². The van der Waals surface area contributed by atoms with Crippen LogP contribution >= 0.6 is 0 Å². The average Bonchev–Trinajstić information content (AvgIpc) is 2.98. The van der Waals surface area contributed by atoms with Crippen LogP contribution in [0.3, 0.4) is 0 Å². The third-order valence-corrected chi connectivity index (χ3v) is 5.83.